The average molecular weight is 695 g/mol. The van der Waals surface area contributed by atoms with Crippen molar-refractivity contribution in [1.29, 1.82) is 0 Å². The first-order valence-electron chi connectivity index (χ1n) is 14.5. The van der Waals surface area contributed by atoms with Crippen LogP contribution in [0.4, 0.5) is 11.5 Å². The molecule has 0 unspecified atom stereocenters. The van der Waals surface area contributed by atoms with Crippen LogP contribution in [0.2, 0.25) is 0 Å². The lowest BCUT2D eigenvalue weighted by molar-refractivity contribution is 0.145. The fourth-order valence-corrected chi connectivity index (χ4v) is 5.54. The number of aromatic nitrogens is 2. The zero-order valence-corrected chi connectivity index (χ0v) is 28.6. The maximum atomic E-state index is 6.32. The van der Waals surface area contributed by atoms with Crippen LogP contribution >= 0.6 is 49.6 Å². The number of ether oxygens (including phenoxy) is 4. The lowest BCUT2D eigenvalue weighted by atomic mass is 10.1. The lowest BCUT2D eigenvalue weighted by Gasteiger charge is -2.32. The van der Waals surface area contributed by atoms with Gasteiger partial charge in [0.2, 0.25) is 6.79 Å². The first kappa shape index (κ1) is 38.0. The van der Waals surface area contributed by atoms with E-state index in [-0.39, 0.29) is 56.4 Å². The van der Waals surface area contributed by atoms with Crippen LogP contribution < -0.4 is 24.3 Å². The Labute approximate surface area is 284 Å². The third-order valence-electron chi connectivity index (χ3n) is 7.92. The molecule has 0 atom stereocenters. The smallest absolute Gasteiger partial charge is 0.231 e. The Hall–Kier alpha value is -2.18. The quantitative estimate of drug-likeness (QED) is 0.331. The molecule has 1 saturated heterocycles. The second-order valence-electron chi connectivity index (χ2n) is 11.0. The van der Waals surface area contributed by atoms with Gasteiger partial charge < -0.3 is 39.0 Å². The summed E-state index contributed by atoms with van der Waals surface area (Å²) in [6.45, 7) is 8.80. The zero-order valence-electron chi connectivity index (χ0n) is 25.3. The van der Waals surface area contributed by atoms with Crippen molar-refractivity contribution >= 4 is 72.0 Å². The van der Waals surface area contributed by atoms with Crippen molar-refractivity contribution < 1.29 is 18.9 Å². The van der Waals surface area contributed by atoms with E-state index >= 15 is 0 Å². The van der Waals surface area contributed by atoms with Gasteiger partial charge in [-0.1, -0.05) is 6.07 Å². The molecule has 2 aromatic carbocycles. The molecule has 14 heteroatoms. The van der Waals surface area contributed by atoms with Gasteiger partial charge in [0.25, 0.3) is 0 Å². The molecule has 1 fully saturated rings. The van der Waals surface area contributed by atoms with Gasteiger partial charge in [-0.15, -0.1) is 49.6 Å². The van der Waals surface area contributed by atoms with Gasteiger partial charge in [0.1, 0.15) is 12.1 Å². The fraction of sp³-hybridized carbons (Fsp3) is 0.533. The summed E-state index contributed by atoms with van der Waals surface area (Å²) in [7, 11) is 4.34. The second-order valence-corrected chi connectivity index (χ2v) is 11.0. The number of nitrogens with zero attached hydrogens (tertiary/aromatic N) is 5. The number of halogens is 4. The first-order valence-corrected chi connectivity index (χ1v) is 14.5. The highest BCUT2D eigenvalue weighted by Crippen LogP contribution is 2.44. The summed E-state index contributed by atoms with van der Waals surface area (Å²) in [5.74, 6) is 3.62. The minimum absolute atomic E-state index is 0. The van der Waals surface area contributed by atoms with E-state index in [0.717, 1.165) is 117 Å². The second kappa shape index (κ2) is 18.1. The molecule has 3 aromatic rings. The average Bonchev–Trinajstić information content (AvgIpc) is 3.44. The lowest BCUT2D eigenvalue weighted by Crippen LogP contribution is -2.44. The van der Waals surface area contributed by atoms with Gasteiger partial charge in [-0.05, 0) is 64.0 Å². The summed E-state index contributed by atoms with van der Waals surface area (Å²) in [6, 6.07) is 8.09. The summed E-state index contributed by atoms with van der Waals surface area (Å²) in [5, 5.41) is 4.44. The van der Waals surface area contributed by atoms with Crippen LogP contribution in [0, 0.1) is 0 Å². The molecular weight excluding hydrogens is 650 g/mol. The van der Waals surface area contributed by atoms with Gasteiger partial charge >= 0.3 is 0 Å². The topological polar surface area (TPSA) is 84.5 Å². The number of anilines is 2. The summed E-state index contributed by atoms with van der Waals surface area (Å²) in [4.78, 5) is 16.4. The Kier molecular flexibility index (Phi) is 15.6. The Bertz CT molecular complexity index is 1330. The van der Waals surface area contributed by atoms with E-state index in [0.29, 0.717) is 19.0 Å². The van der Waals surface area contributed by atoms with Crippen molar-refractivity contribution in [2.45, 2.75) is 32.2 Å². The highest BCUT2D eigenvalue weighted by molar-refractivity contribution is 5.94. The van der Waals surface area contributed by atoms with Crippen molar-refractivity contribution in [1.82, 2.24) is 24.7 Å². The summed E-state index contributed by atoms with van der Waals surface area (Å²) >= 11 is 0. The molecule has 1 aromatic heterocycles. The fourth-order valence-electron chi connectivity index (χ4n) is 5.54. The zero-order chi connectivity index (χ0) is 27.3. The Morgan fingerprint density at radius 2 is 1.66 bits per heavy atom. The van der Waals surface area contributed by atoms with E-state index < -0.39 is 0 Å². The normalized spacial score (nSPS) is 17.2. The van der Waals surface area contributed by atoms with Gasteiger partial charge in [0.15, 0.2) is 23.0 Å². The monoisotopic (exact) mass is 692 g/mol. The minimum atomic E-state index is 0. The van der Waals surface area contributed by atoms with Crippen LogP contribution in [0.1, 0.15) is 31.2 Å². The third-order valence-corrected chi connectivity index (χ3v) is 7.92. The number of hydrogen-bond acceptors (Lipinski definition) is 10. The number of piperazine rings is 1. The molecule has 0 aliphatic carbocycles. The van der Waals surface area contributed by atoms with Gasteiger partial charge in [-0.2, -0.15) is 0 Å². The maximum absolute atomic E-state index is 6.32. The molecule has 3 aliphatic rings. The van der Waals surface area contributed by atoms with Crippen LogP contribution in [0.5, 0.6) is 23.0 Å². The Balaban J connectivity index is 0.00000169. The summed E-state index contributed by atoms with van der Waals surface area (Å²) < 4.78 is 24.2. The largest absolute Gasteiger partial charge is 0.490 e. The van der Waals surface area contributed by atoms with Crippen molar-refractivity contribution in [2.24, 2.45) is 0 Å². The van der Waals surface area contributed by atoms with Crippen molar-refractivity contribution in [3.8, 4) is 23.0 Å². The van der Waals surface area contributed by atoms with E-state index in [2.05, 4.69) is 50.1 Å². The summed E-state index contributed by atoms with van der Waals surface area (Å²) in [6.07, 6.45) is 5.74. The molecule has 0 spiro atoms. The van der Waals surface area contributed by atoms with Crippen molar-refractivity contribution in [3.63, 3.8) is 0 Å². The van der Waals surface area contributed by atoms with Gasteiger partial charge in [0.05, 0.1) is 24.4 Å². The molecule has 0 amide bonds. The molecular formula is C30H44Cl4N6O4. The molecule has 4 heterocycles. The molecule has 2 bridgehead atoms. The van der Waals surface area contributed by atoms with Gasteiger partial charge in [-0.3, -0.25) is 0 Å². The molecule has 10 nitrogen and oxygen atoms in total. The molecule has 6 rings (SSSR count). The Morgan fingerprint density at radius 3 is 2.48 bits per heavy atom. The van der Waals surface area contributed by atoms with Crippen LogP contribution in [0.15, 0.2) is 30.6 Å². The molecule has 1 N–H and O–H groups in total. The summed E-state index contributed by atoms with van der Waals surface area (Å²) in [5.41, 5.74) is 2.81. The van der Waals surface area contributed by atoms with E-state index in [1.54, 1.807) is 6.33 Å². The molecule has 0 saturated carbocycles. The number of benzene rings is 2. The van der Waals surface area contributed by atoms with Crippen molar-refractivity contribution in [2.75, 3.05) is 78.7 Å². The minimum Gasteiger partial charge on any atom is -0.490 e. The van der Waals surface area contributed by atoms with E-state index in [9.17, 15) is 0 Å². The predicted octanol–water partition coefficient (Wildman–Crippen LogP) is 5.80. The molecule has 3 aliphatic heterocycles. The van der Waals surface area contributed by atoms with Crippen molar-refractivity contribution in [3.05, 3.63) is 36.2 Å². The molecule has 44 heavy (non-hydrogen) atoms. The number of rotatable bonds is 5. The van der Waals surface area contributed by atoms with E-state index in [1.807, 2.05) is 18.2 Å². The van der Waals surface area contributed by atoms with Crippen LogP contribution in [0.25, 0.3) is 10.9 Å². The first-order chi connectivity index (χ1) is 19.6. The number of nitrogens with one attached hydrogen (secondary N) is 1. The SMILES string of the molecule is CN1CCN(CCCOc2cc3ncnc4c3cc2OCCCCCN(C)Cc2ccc3c(c2N4)OCO3)CC1.Cl.Cl.Cl.Cl. The van der Waals surface area contributed by atoms with Crippen LogP contribution in [-0.2, 0) is 6.54 Å². The van der Waals surface area contributed by atoms with Crippen LogP contribution in [-0.4, -0.2) is 98.0 Å². The molecule has 0 radical (unpaired) electrons. The van der Waals surface area contributed by atoms with Crippen LogP contribution in [0.3, 0.4) is 0 Å². The highest BCUT2D eigenvalue weighted by Gasteiger charge is 2.23. The third kappa shape index (κ3) is 9.19. The number of likely N-dealkylation sites (N-methyl/N-ethyl adjacent to an activating group) is 1. The van der Waals surface area contributed by atoms with E-state index in [4.69, 9.17) is 18.9 Å². The molecule has 246 valence electrons. The number of fused-ring (bicyclic) bond motifs is 4. The standard InChI is InChI=1S/C30H40N6O4.4ClH/c1-34-11-13-36(14-12-34)10-6-16-38-27-18-24-23-17-26(27)37-15-5-3-4-9-35(2)19-22-7-8-25-29(40-21-39-25)28(22)33-30(23)32-20-31-24;;;;/h7-8,17-18,20H,3-6,9-16,19,21H2,1-2H3,(H,31,32,33);4*1H. The van der Waals surface area contributed by atoms with Gasteiger partial charge in [0, 0.05) is 50.7 Å². The Morgan fingerprint density at radius 1 is 0.841 bits per heavy atom. The van der Waals surface area contributed by atoms with E-state index in [1.165, 1.54) is 0 Å². The van der Waals surface area contributed by atoms with Gasteiger partial charge in [-0.25, -0.2) is 9.97 Å². The highest BCUT2D eigenvalue weighted by atomic mass is 35.5. The maximum Gasteiger partial charge on any atom is 0.231 e. The predicted molar refractivity (Wildman–Crippen MR) is 184 cm³/mol. The number of hydrogen-bond donors (Lipinski definition) is 1.